The van der Waals surface area contributed by atoms with Crippen LogP contribution in [-0.4, -0.2) is 26.8 Å². The minimum absolute atomic E-state index is 0.0973. The van der Waals surface area contributed by atoms with Gasteiger partial charge in [-0.2, -0.15) is 5.26 Å². The molecule has 0 bridgehead atoms. The summed E-state index contributed by atoms with van der Waals surface area (Å²) in [6.45, 7) is 2.60. The molecule has 10 heavy (non-hydrogen) atoms. The van der Waals surface area contributed by atoms with Gasteiger partial charge in [0, 0.05) is 13.0 Å². The van der Waals surface area contributed by atoms with Crippen LogP contribution < -0.4 is 5.32 Å². The van der Waals surface area contributed by atoms with E-state index in [2.05, 4.69) is 11.4 Å². The first-order valence-corrected chi connectivity index (χ1v) is 3.32. The van der Waals surface area contributed by atoms with Gasteiger partial charge in [0.1, 0.15) is 0 Å². The maximum absolute atomic E-state index is 8.56. The van der Waals surface area contributed by atoms with E-state index in [9.17, 15) is 0 Å². The lowest BCUT2D eigenvalue weighted by Crippen LogP contribution is -2.32. The normalized spacial score (nSPS) is 15.8. The van der Waals surface area contributed by atoms with Gasteiger partial charge in [0.25, 0.3) is 0 Å². The van der Waals surface area contributed by atoms with Crippen molar-refractivity contribution >= 4 is 0 Å². The summed E-state index contributed by atoms with van der Waals surface area (Å²) in [5.41, 5.74) is 0. The average molecular weight is 142 g/mol. The first-order valence-electron chi connectivity index (χ1n) is 3.32. The van der Waals surface area contributed by atoms with Crippen LogP contribution in [0.5, 0.6) is 0 Å². The van der Waals surface area contributed by atoms with Crippen molar-refractivity contribution in [2.24, 2.45) is 5.92 Å². The topological polar surface area (TPSA) is 45.0 Å². The largest absolute Gasteiger partial charge is 0.384 e. The summed E-state index contributed by atoms with van der Waals surface area (Å²) < 4.78 is 4.90. The molecule has 0 saturated heterocycles. The van der Waals surface area contributed by atoms with Gasteiger partial charge in [0.15, 0.2) is 0 Å². The molecule has 0 spiro atoms. The minimum atomic E-state index is -0.0973. The number of ether oxygens (including phenoxy) is 1. The van der Waals surface area contributed by atoms with E-state index in [1.54, 1.807) is 14.2 Å². The molecule has 3 heteroatoms. The minimum Gasteiger partial charge on any atom is -0.384 e. The number of hydrogen-bond acceptors (Lipinski definition) is 3. The highest BCUT2D eigenvalue weighted by Crippen LogP contribution is 2.00. The van der Waals surface area contributed by atoms with Crippen LogP contribution in [0.15, 0.2) is 0 Å². The van der Waals surface area contributed by atoms with Crippen LogP contribution in [0, 0.1) is 17.2 Å². The number of hydrogen-bond donors (Lipinski definition) is 1. The van der Waals surface area contributed by atoms with Crippen LogP contribution in [0.2, 0.25) is 0 Å². The second kappa shape index (κ2) is 5.21. The Balaban J connectivity index is 3.67. The molecule has 0 aromatic heterocycles. The predicted octanol–water partition coefficient (Wildman–Crippen LogP) is 0.380. The predicted molar refractivity (Wildman–Crippen MR) is 39.5 cm³/mol. The van der Waals surface area contributed by atoms with Crippen molar-refractivity contribution in [3.05, 3.63) is 0 Å². The molecule has 0 aromatic carbocycles. The van der Waals surface area contributed by atoms with Crippen LogP contribution in [0.3, 0.4) is 0 Å². The van der Waals surface area contributed by atoms with Crippen molar-refractivity contribution in [2.45, 2.75) is 13.0 Å². The number of nitriles is 1. The van der Waals surface area contributed by atoms with Gasteiger partial charge >= 0.3 is 0 Å². The van der Waals surface area contributed by atoms with E-state index in [1.165, 1.54) is 0 Å². The molecule has 3 nitrogen and oxygen atoms in total. The Morgan fingerprint density at radius 2 is 2.30 bits per heavy atom. The Hall–Kier alpha value is -0.590. The second-order valence-corrected chi connectivity index (χ2v) is 2.33. The van der Waals surface area contributed by atoms with Gasteiger partial charge in [-0.3, -0.25) is 0 Å². The molecule has 0 aromatic rings. The van der Waals surface area contributed by atoms with Crippen LogP contribution in [0.25, 0.3) is 0 Å². The van der Waals surface area contributed by atoms with E-state index in [-0.39, 0.29) is 12.0 Å². The molecule has 0 aliphatic rings. The molecule has 0 rings (SSSR count). The fourth-order valence-corrected chi connectivity index (χ4v) is 0.835. The maximum atomic E-state index is 8.56. The first-order chi connectivity index (χ1) is 4.76. The van der Waals surface area contributed by atoms with Crippen molar-refractivity contribution in [3.8, 4) is 6.07 Å². The zero-order valence-corrected chi connectivity index (χ0v) is 6.72. The van der Waals surface area contributed by atoms with Crippen molar-refractivity contribution in [1.82, 2.24) is 5.32 Å². The molecule has 0 fully saturated rings. The highest BCUT2D eigenvalue weighted by Gasteiger charge is 2.12. The lowest BCUT2D eigenvalue weighted by Gasteiger charge is -2.14. The summed E-state index contributed by atoms with van der Waals surface area (Å²) in [6.07, 6.45) is 0. The van der Waals surface area contributed by atoms with E-state index >= 15 is 0 Å². The highest BCUT2D eigenvalue weighted by molar-refractivity contribution is 4.92. The van der Waals surface area contributed by atoms with Crippen LogP contribution in [0.4, 0.5) is 0 Å². The summed E-state index contributed by atoms with van der Waals surface area (Å²) in [4.78, 5) is 0. The van der Waals surface area contributed by atoms with Gasteiger partial charge in [0.2, 0.25) is 0 Å². The molecule has 0 aliphatic carbocycles. The average Bonchev–Trinajstić information content (AvgIpc) is 1.91. The van der Waals surface area contributed by atoms with Crippen molar-refractivity contribution < 1.29 is 4.74 Å². The Labute approximate surface area is 62.0 Å². The zero-order valence-electron chi connectivity index (χ0n) is 6.72. The van der Waals surface area contributed by atoms with E-state index in [4.69, 9.17) is 10.00 Å². The molecule has 0 heterocycles. The van der Waals surface area contributed by atoms with Gasteiger partial charge in [0.05, 0.1) is 18.7 Å². The summed E-state index contributed by atoms with van der Waals surface area (Å²) in [5, 5.41) is 11.5. The monoisotopic (exact) mass is 142 g/mol. The van der Waals surface area contributed by atoms with E-state index < -0.39 is 0 Å². The molecule has 58 valence electrons. The molecule has 0 aliphatic heterocycles. The molecule has 2 atom stereocenters. The van der Waals surface area contributed by atoms with E-state index in [0.717, 1.165) is 0 Å². The first kappa shape index (κ1) is 9.41. The summed E-state index contributed by atoms with van der Waals surface area (Å²) in [6, 6.07) is 2.05. The Kier molecular flexibility index (Phi) is 4.91. The summed E-state index contributed by atoms with van der Waals surface area (Å²) in [7, 11) is 3.42. The highest BCUT2D eigenvalue weighted by atomic mass is 16.5. The third kappa shape index (κ3) is 2.81. The van der Waals surface area contributed by atoms with Gasteiger partial charge in [-0.25, -0.2) is 0 Å². The van der Waals surface area contributed by atoms with Gasteiger partial charge in [-0.15, -0.1) is 0 Å². The van der Waals surface area contributed by atoms with Gasteiger partial charge < -0.3 is 10.1 Å². The molecule has 0 saturated carbocycles. The maximum Gasteiger partial charge on any atom is 0.0998 e. The molecular formula is C7H14N2O. The third-order valence-electron chi connectivity index (χ3n) is 1.45. The van der Waals surface area contributed by atoms with Crippen LogP contribution >= 0.6 is 0 Å². The molecule has 2 unspecified atom stereocenters. The van der Waals surface area contributed by atoms with Crippen molar-refractivity contribution in [2.75, 3.05) is 20.8 Å². The Morgan fingerprint density at radius 3 is 2.60 bits per heavy atom. The number of nitrogens with one attached hydrogen (secondary N) is 1. The summed E-state index contributed by atoms with van der Waals surface area (Å²) >= 11 is 0. The second-order valence-electron chi connectivity index (χ2n) is 2.33. The molecular weight excluding hydrogens is 128 g/mol. The van der Waals surface area contributed by atoms with E-state index in [0.29, 0.717) is 6.61 Å². The standard InChI is InChI=1S/C7H14N2O/c1-6(5-10-3)7(4-8)9-2/h6-7,9H,5H2,1-3H3. The fourth-order valence-electron chi connectivity index (χ4n) is 0.835. The molecule has 1 N–H and O–H groups in total. The lowest BCUT2D eigenvalue weighted by molar-refractivity contribution is 0.150. The number of methoxy groups -OCH3 is 1. The van der Waals surface area contributed by atoms with Crippen molar-refractivity contribution in [1.29, 1.82) is 5.26 Å². The number of rotatable bonds is 4. The quantitative estimate of drug-likeness (QED) is 0.617. The van der Waals surface area contributed by atoms with Crippen molar-refractivity contribution in [3.63, 3.8) is 0 Å². The third-order valence-corrected chi connectivity index (χ3v) is 1.45. The van der Waals surface area contributed by atoms with E-state index in [1.807, 2.05) is 6.92 Å². The Bertz CT molecular complexity index is 119. The van der Waals surface area contributed by atoms with Gasteiger partial charge in [-0.05, 0) is 7.05 Å². The lowest BCUT2D eigenvalue weighted by atomic mass is 10.1. The smallest absolute Gasteiger partial charge is 0.0998 e. The Morgan fingerprint density at radius 1 is 1.70 bits per heavy atom. The molecule has 0 radical (unpaired) electrons. The van der Waals surface area contributed by atoms with Crippen LogP contribution in [0.1, 0.15) is 6.92 Å². The number of nitrogens with zero attached hydrogens (tertiary/aromatic N) is 1. The van der Waals surface area contributed by atoms with Crippen LogP contribution in [-0.2, 0) is 4.74 Å². The fraction of sp³-hybridized carbons (Fsp3) is 0.857. The summed E-state index contributed by atoms with van der Waals surface area (Å²) in [5.74, 6) is 0.250. The molecule has 0 amide bonds. The SMILES string of the molecule is CNC(C#N)C(C)COC. The zero-order chi connectivity index (χ0) is 7.98. The van der Waals surface area contributed by atoms with Gasteiger partial charge in [-0.1, -0.05) is 6.92 Å².